The third kappa shape index (κ3) is 4.11. The first-order valence-corrected chi connectivity index (χ1v) is 9.28. The fourth-order valence-electron chi connectivity index (χ4n) is 2.72. The van der Waals surface area contributed by atoms with Crippen LogP contribution < -0.4 is 5.32 Å². The van der Waals surface area contributed by atoms with Crippen LogP contribution in [0.25, 0.3) is 4.96 Å². The number of nitrogens with one attached hydrogen (secondary N) is 1. The third-order valence-electron chi connectivity index (χ3n) is 4.02. The number of ether oxygens (including phenoxy) is 1. The van der Waals surface area contributed by atoms with Crippen molar-refractivity contribution in [3.05, 3.63) is 52.8 Å². The molecule has 1 aromatic carbocycles. The van der Waals surface area contributed by atoms with Gasteiger partial charge < -0.3 is 10.1 Å². The summed E-state index contributed by atoms with van der Waals surface area (Å²) in [4.78, 5) is 29.3. The summed E-state index contributed by atoms with van der Waals surface area (Å²) in [5.41, 5.74) is 3.46. The van der Waals surface area contributed by atoms with Crippen LogP contribution in [0.3, 0.4) is 0 Å². The van der Waals surface area contributed by atoms with Gasteiger partial charge in [-0.1, -0.05) is 32.0 Å². The fourth-order valence-corrected chi connectivity index (χ4v) is 3.44. The number of aromatic nitrogens is 2. The molecule has 3 aromatic rings. The highest BCUT2D eigenvalue weighted by molar-refractivity contribution is 7.15. The van der Waals surface area contributed by atoms with Crippen LogP contribution in [0, 0.1) is 6.92 Å². The maximum Gasteiger partial charge on any atom is 0.312 e. The Morgan fingerprint density at radius 2 is 2.15 bits per heavy atom. The zero-order valence-electron chi connectivity index (χ0n) is 15.0. The first-order chi connectivity index (χ1) is 12.4. The van der Waals surface area contributed by atoms with E-state index < -0.39 is 5.97 Å². The van der Waals surface area contributed by atoms with Crippen LogP contribution in [0.2, 0.25) is 0 Å². The number of hydrogen-bond acceptors (Lipinski definition) is 5. The summed E-state index contributed by atoms with van der Waals surface area (Å²) in [5, 5.41) is 4.78. The van der Waals surface area contributed by atoms with Crippen LogP contribution in [-0.2, 0) is 20.7 Å². The van der Waals surface area contributed by atoms with Gasteiger partial charge >= 0.3 is 5.97 Å². The highest BCUT2D eigenvalue weighted by atomic mass is 32.1. The van der Waals surface area contributed by atoms with Gasteiger partial charge in [-0.15, -0.1) is 11.3 Å². The molecule has 0 atom stereocenters. The summed E-state index contributed by atoms with van der Waals surface area (Å²) in [6.45, 7) is 5.77. The smallest absolute Gasteiger partial charge is 0.312 e. The fraction of sp³-hybridized carbons (Fsp3) is 0.316. The number of benzene rings is 1. The maximum atomic E-state index is 12.2. The van der Waals surface area contributed by atoms with Gasteiger partial charge in [-0.2, -0.15) is 0 Å². The van der Waals surface area contributed by atoms with E-state index in [-0.39, 0.29) is 24.9 Å². The van der Waals surface area contributed by atoms with Crippen molar-refractivity contribution < 1.29 is 14.3 Å². The Kier molecular flexibility index (Phi) is 5.37. The molecule has 26 heavy (non-hydrogen) atoms. The molecule has 0 bridgehead atoms. The molecule has 0 unspecified atom stereocenters. The minimum atomic E-state index is -0.472. The molecule has 0 aliphatic carbocycles. The number of anilines is 1. The lowest BCUT2D eigenvalue weighted by Crippen LogP contribution is -2.23. The highest BCUT2D eigenvalue weighted by Crippen LogP contribution is 2.27. The molecule has 2 aromatic heterocycles. The summed E-state index contributed by atoms with van der Waals surface area (Å²) < 4.78 is 6.95. The molecule has 1 amide bonds. The molecular weight excluding hydrogens is 350 g/mol. The van der Waals surface area contributed by atoms with Crippen molar-refractivity contribution in [3.8, 4) is 0 Å². The van der Waals surface area contributed by atoms with Crippen molar-refractivity contribution in [2.45, 2.75) is 33.1 Å². The largest absolute Gasteiger partial charge is 0.455 e. The number of hydrogen-bond donors (Lipinski definition) is 1. The van der Waals surface area contributed by atoms with Gasteiger partial charge in [0.2, 0.25) is 0 Å². The Hall–Kier alpha value is -2.67. The molecule has 3 rings (SSSR count). The predicted molar refractivity (Wildman–Crippen MR) is 102 cm³/mol. The molecule has 1 N–H and O–H groups in total. The Balaban J connectivity index is 1.55. The summed E-state index contributed by atoms with van der Waals surface area (Å²) in [5.74, 6) is -0.539. The standard InChI is InChI=1S/C19H21N3O3S/c1-12(2)15-6-4-5-13(3)18(15)21-16(23)11-25-17(24)9-14-10-22-7-8-26-19(22)20-14/h4-8,10,12H,9,11H2,1-3H3,(H,21,23). The van der Waals surface area contributed by atoms with Gasteiger partial charge in [0.1, 0.15) is 0 Å². The number of nitrogens with zero attached hydrogens (tertiary/aromatic N) is 2. The van der Waals surface area contributed by atoms with Crippen molar-refractivity contribution in [2.24, 2.45) is 0 Å². The van der Waals surface area contributed by atoms with E-state index in [2.05, 4.69) is 24.1 Å². The van der Waals surface area contributed by atoms with Gasteiger partial charge in [0, 0.05) is 23.5 Å². The molecule has 0 aliphatic rings. The molecular formula is C19H21N3O3S. The summed E-state index contributed by atoms with van der Waals surface area (Å²) in [6.07, 6.45) is 3.71. The van der Waals surface area contributed by atoms with Crippen LogP contribution >= 0.6 is 11.3 Å². The van der Waals surface area contributed by atoms with Gasteiger partial charge in [-0.05, 0) is 24.0 Å². The molecule has 0 radical (unpaired) electrons. The van der Waals surface area contributed by atoms with Crippen LogP contribution in [0.1, 0.15) is 36.6 Å². The molecule has 6 nitrogen and oxygen atoms in total. The van der Waals surface area contributed by atoms with E-state index >= 15 is 0 Å². The molecule has 7 heteroatoms. The lowest BCUT2D eigenvalue weighted by Gasteiger charge is -2.16. The maximum absolute atomic E-state index is 12.2. The number of esters is 1. The van der Waals surface area contributed by atoms with E-state index in [9.17, 15) is 9.59 Å². The van der Waals surface area contributed by atoms with Crippen molar-refractivity contribution in [3.63, 3.8) is 0 Å². The number of amides is 1. The quantitative estimate of drug-likeness (QED) is 0.673. The normalized spacial score (nSPS) is 11.1. The van der Waals surface area contributed by atoms with Gasteiger partial charge in [0.15, 0.2) is 11.6 Å². The molecule has 0 saturated carbocycles. The molecule has 136 valence electrons. The van der Waals surface area contributed by atoms with Crippen molar-refractivity contribution in [1.82, 2.24) is 9.38 Å². The van der Waals surface area contributed by atoms with E-state index in [0.717, 1.165) is 21.8 Å². The number of imidazole rings is 1. The lowest BCUT2D eigenvalue weighted by atomic mass is 9.98. The van der Waals surface area contributed by atoms with Crippen molar-refractivity contribution in [1.29, 1.82) is 0 Å². The van der Waals surface area contributed by atoms with E-state index in [1.54, 1.807) is 6.20 Å². The highest BCUT2D eigenvalue weighted by Gasteiger charge is 2.15. The SMILES string of the molecule is Cc1cccc(C(C)C)c1NC(=O)COC(=O)Cc1cn2ccsc2n1. The zero-order chi connectivity index (χ0) is 18.7. The van der Waals surface area contributed by atoms with E-state index in [0.29, 0.717) is 5.69 Å². The summed E-state index contributed by atoms with van der Waals surface area (Å²) in [7, 11) is 0. The van der Waals surface area contributed by atoms with E-state index in [1.807, 2.05) is 41.1 Å². The van der Waals surface area contributed by atoms with Gasteiger partial charge in [0.25, 0.3) is 5.91 Å². The number of rotatable bonds is 6. The van der Waals surface area contributed by atoms with Crippen molar-refractivity contribution >= 4 is 33.9 Å². The Morgan fingerprint density at radius 1 is 1.35 bits per heavy atom. The summed E-state index contributed by atoms with van der Waals surface area (Å²) in [6, 6.07) is 5.90. The van der Waals surface area contributed by atoms with Gasteiger partial charge in [-0.3, -0.25) is 14.0 Å². The molecule has 0 aliphatic heterocycles. The van der Waals surface area contributed by atoms with Crippen LogP contribution in [0.5, 0.6) is 0 Å². The number of fused-ring (bicyclic) bond motifs is 1. The monoisotopic (exact) mass is 371 g/mol. The summed E-state index contributed by atoms with van der Waals surface area (Å²) >= 11 is 1.50. The first kappa shape index (κ1) is 18.1. The number of carbonyl (C=O) groups is 2. The van der Waals surface area contributed by atoms with Gasteiger partial charge in [-0.25, -0.2) is 4.98 Å². The first-order valence-electron chi connectivity index (χ1n) is 8.40. The average molecular weight is 371 g/mol. The number of aryl methyl sites for hydroxylation is 1. The Labute approximate surface area is 155 Å². The second-order valence-corrected chi connectivity index (χ2v) is 7.28. The topological polar surface area (TPSA) is 72.7 Å². The van der Waals surface area contributed by atoms with Crippen LogP contribution in [0.15, 0.2) is 36.0 Å². The zero-order valence-corrected chi connectivity index (χ0v) is 15.8. The molecule has 0 spiro atoms. The van der Waals surface area contributed by atoms with E-state index in [4.69, 9.17) is 4.74 Å². The lowest BCUT2D eigenvalue weighted by molar-refractivity contribution is -0.146. The predicted octanol–water partition coefficient (Wildman–Crippen LogP) is 3.55. The van der Waals surface area contributed by atoms with Gasteiger partial charge in [0.05, 0.1) is 12.1 Å². The van der Waals surface area contributed by atoms with Crippen molar-refractivity contribution in [2.75, 3.05) is 11.9 Å². The second kappa shape index (κ2) is 7.70. The van der Waals surface area contributed by atoms with Crippen LogP contribution in [-0.4, -0.2) is 27.9 Å². The molecule has 0 saturated heterocycles. The van der Waals surface area contributed by atoms with E-state index in [1.165, 1.54) is 11.3 Å². The van der Waals surface area contributed by atoms with Crippen LogP contribution in [0.4, 0.5) is 5.69 Å². The minimum absolute atomic E-state index is 0.0449. The molecule has 2 heterocycles. The minimum Gasteiger partial charge on any atom is -0.455 e. The number of carbonyl (C=O) groups excluding carboxylic acids is 2. The molecule has 0 fully saturated rings. The Morgan fingerprint density at radius 3 is 2.88 bits per heavy atom. The Bertz CT molecular complexity index is 914. The third-order valence-corrected chi connectivity index (χ3v) is 4.80. The average Bonchev–Trinajstić information content (AvgIpc) is 3.16. The second-order valence-electron chi connectivity index (χ2n) is 6.40. The number of thiazole rings is 1. The number of para-hydroxylation sites is 1.